The van der Waals surface area contributed by atoms with Crippen molar-refractivity contribution in [2.24, 2.45) is 0 Å². The molecule has 0 aromatic carbocycles. The lowest BCUT2D eigenvalue weighted by Gasteiger charge is -2.13. The summed E-state index contributed by atoms with van der Waals surface area (Å²) in [6.45, 7) is 1.53. The predicted molar refractivity (Wildman–Crippen MR) is 75.6 cm³/mol. The second-order valence-electron chi connectivity index (χ2n) is 4.92. The fourth-order valence-corrected chi connectivity index (χ4v) is 2.16. The Morgan fingerprint density at radius 1 is 1.35 bits per heavy atom. The molecular formula is C14H14FN3O5. The molecular weight excluding hydrogens is 309 g/mol. The van der Waals surface area contributed by atoms with Crippen LogP contribution in [0.1, 0.15) is 29.0 Å². The number of hydrogen-bond acceptors (Lipinski definition) is 4. The van der Waals surface area contributed by atoms with Gasteiger partial charge in [0.25, 0.3) is 5.91 Å². The van der Waals surface area contributed by atoms with Crippen LogP contribution in [0.4, 0.5) is 4.39 Å². The quantitative estimate of drug-likeness (QED) is 0.724. The van der Waals surface area contributed by atoms with Crippen LogP contribution in [0.5, 0.6) is 0 Å². The molecule has 0 spiro atoms. The molecule has 1 unspecified atom stereocenters. The molecule has 1 atom stereocenters. The molecule has 1 amide bonds. The molecule has 23 heavy (non-hydrogen) atoms. The maximum atomic E-state index is 13.3. The number of imidazole rings is 1. The Hall–Kier alpha value is -2.97. The van der Waals surface area contributed by atoms with Gasteiger partial charge in [-0.2, -0.15) is 0 Å². The lowest BCUT2D eigenvalue weighted by Crippen LogP contribution is -2.41. The van der Waals surface area contributed by atoms with Crippen LogP contribution in [0.3, 0.4) is 0 Å². The number of halogens is 1. The van der Waals surface area contributed by atoms with Gasteiger partial charge in [-0.25, -0.2) is 14.2 Å². The van der Waals surface area contributed by atoms with E-state index in [1.165, 1.54) is 23.5 Å². The number of aliphatic carboxylic acids is 2. The van der Waals surface area contributed by atoms with Crippen molar-refractivity contribution < 1.29 is 29.0 Å². The van der Waals surface area contributed by atoms with Gasteiger partial charge in [0, 0.05) is 12.6 Å². The van der Waals surface area contributed by atoms with Crippen LogP contribution < -0.4 is 5.32 Å². The Morgan fingerprint density at radius 3 is 2.65 bits per heavy atom. The number of rotatable bonds is 6. The third kappa shape index (κ3) is 3.62. The molecule has 9 heteroatoms. The zero-order valence-electron chi connectivity index (χ0n) is 12.1. The first kappa shape index (κ1) is 16.4. The van der Waals surface area contributed by atoms with Gasteiger partial charge in [0.15, 0.2) is 0 Å². The minimum atomic E-state index is -1.36. The molecule has 2 aromatic rings. The second kappa shape index (κ2) is 6.42. The van der Waals surface area contributed by atoms with Crippen LogP contribution in [-0.4, -0.2) is 43.5 Å². The number of nitrogens with one attached hydrogen (secondary N) is 1. The molecule has 0 bridgehead atoms. The summed E-state index contributed by atoms with van der Waals surface area (Å²) in [5.74, 6) is -3.86. The number of aryl methyl sites for hydroxylation is 1. The number of carboxylic acid groups (broad SMARTS) is 2. The van der Waals surface area contributed by atoms with Crippen LogP contribution in [0.25, 0.3) is 5.65 Å². The van der Waals surface area contributed by atoms with Crippen molar-refractivity contribution in [3.63, 3.8) is 0 Å². The van der Waals surface area contributed by atoms with E-state index in [2.05, 4.69) is 10.3 Å². The smallest absolute Gasteiger partial charge is 0.326 e. The summed E-state index contributed by atoms with van der Waals surface area (Å²) >= 11 is 0. The number of fused-ring (bicyclic) bond motifs is 1. The molecule has 0 aliphatic carbocycles. The molecule has 0 aliphatic heterocycles. The zero-order valence-corrected chi connectivity index (χ0v) is 12.1. The van der Waals surface area contributed by atoms with Crippen molar-refractivity contribution in [3.05, 3.63) is 35.5 Å². The number of carboxylic acids is 2. The average Bonchev–Trinajstić information content (AvgIpc) is 2.77. The van der Waals surface area contributed by atoms with Gasteiger partial charge >= 0.3 is 11.9 Å². The van der Waals surface area contributed by atoms with E-state index < -0.39 is 36.1 Å². The monoisotopic (exact) mass is 323 g/mol. The molecule has 0 fully saturated rings. The lowest BCUT2D eigenvalue weighted by atomic mass is 10.1. The Labute approximate surface area is 129 Å². The summed E-state index contributed by atoms with van der Waals surface area (Å²) < 4.78 is 14.6. The van der Waals surface area contributed by atoms with Gasteiger partial charge in [0.2, 0.25) is 0 Å². The van der Waals surface area contributed by atoms with E-state index in [-0.39, 0.29) is 12.1 Å². The summed E-state index contributed by atoms with van der Waals surface area (Å²) in [7, 11) is 0. The fourth-order valence-electron chi connectivity index (χ4n) is 2.16. The first-order valence-electron chi connectivity index (χ1n) is 6.69. The zero-order chi connectivity index (χ0) is 17.1. The molecule has 0 radical (unpaired) electrons. The summed E-state index contributed by atoms with van der Waals surface area (Å²) in [6, 6.07) is 1.21. The van der Waals surface area contributed by atoms with Gasteiger partial charge < -0.3 is 15.5 Å². The van der Waals surface area contributed by atoms with Gasteiger partial charge in [-0.15, -0.1) is 0 Å². The van der Waals surface area contributed by atoms with Gasteiger partial charge in [-0.3, -0.25) is 14.0 Å². The number of carbonyl (C=O) groups is 3. The topological polar surface area (TPSA) is 121 Å². The van der Waals surface area contributed by atoms with E-state index in [0.29, 0.717) is 11.3 Å². The first-order valence-corrected chi connectivity index (χ1v) is 6.69. The number of amides is 1. The van der Waals surface area contributed by atoms with E-state index in [0.717, 1.165) is 6.20 Å². The summed E-state index contributed by atoms with van der Waals surface area (Å²) in [4.78, 5) is 38.1. The molecule has 2 heterocycles. The van der Waals surface area contributed by atoms with E-state index in [1.807, 2.05) is 0 Å². The predicted octanol–water partition coefficient (Wildman–Crippen LogP) is 0.830. The van der Waals surface area contributed by atoms with Crippen LogP contribution >= 0.6 is 0 Å². The van der Waals surface area contributed by atoms with Crippen LogP contribution in [-0.2, 0) is 9.59 Å². The van der Waals surface area contributed by atoms with Crippen molar-refractivity contribution in [1.82, 2.24) is 14.7 Å². The minimum Gasteiger partial charge on any atom is -0.481 e. The number of hydrogen-bond donors (Lipinski definition) is 3. The third-order valence-corrected chi connectivity index (χ3v) is 3.22. The number of nitrogens with zero attached hydrogens (tertiary/aromatic N) is 2. The highest BCUT2D eigenvalue weighted by atomic mass is 19.1. The second-order valence-corrected chi connectivity index (χ2v) is 4.92. The molecule has 8 nitrogen and oxygen atoms in total. The van der Waals surface area contributed by atoms with Crippen molar-refractivity contribution in [3.8, 4) is 0 Å². The number of carbonyl (C=O) groups excluding carboxylic acids is 1. The van der Waals surface area contributed by atoms with Crippen LogP contribution in [0.2, 0.25) is 0 Å². The summed E-state index contributed by atoms with van der Waals surface area (Å²) in [6.07, 6.45) is 0.399. The highest BCUT2D eigenvalue weighted by Gasteiger charge is 2.24. The Morgan fingerprint density at radius 2 is 2.04 bits per heavy atom. The third-order valence-electron chi connectivity index (χ3n) is 3.22. The maximum absolute atomic E-state index is 13.3. The minimum absolute atomic E-state index is 0.000995. The van der Waals surface area contributed by atoms with E-state index in [4.69, 9.17) is 10.2 Å². The molecule has 122 valence electrons. The molecule has 2 rings (SSSR count). The van der Waals surface area contributed by atoms with Crippen LogP contribution in [0.15, 0.2) is 18.3 Å². The summed E-state index contributed by atoms with van der Waals surface area (Å²) in [5, 5.41) is 19.9. The summed E-state index contributed by atoms with van der Waals surface area (Å²) in [5.41, 5.74) is 0.642. The SMILES string of the molecule is Cc1nc2ccc(F)cn2c1C(=O)NC(CCC(=O)O)C(=O)O. The highest BCUT2D eigenvalue weighted by molar-refractivity contribution is 5.97. The maximum Gasteiger partial charge on any atom is 0.326 e. The fraction of sp³-hybridized carbons (Fsp3) is 0.286. The normalized spacial score (nSPS) is 12.1. The van der Waals surface area contributed by atoms with E-state index in [1.54, 1.807) is 0 Å². The number of aromatic nitrogens is 2. The van der Waals surface area contributed by atoms with Crippen molar-refractivity contribution >= 4 is 23.5 Å². The van der Waals surface area contributed by atoms with Gasteiger partial charge in [-0.05, 0) is 25.5 Å². The Bertz CT molecular complexity index is 786. The highest BCUT2D eigenvalue weighted by Crippen LogP contribution is 2.14. The van der Waals surface area contributed by atoms with Crippen molar-refractivity contribution in [2.45, 2.75) is 25.8 Å². The van der Waals surface area contributed by atoms with E-state index >= 15 is 0 Å². The van der Waals surface area contributed by atoms with Gasteiger partial charge in [0.1, 0.15) is 23.2 Å². The average molecular weight is 323 g/mol. The van der Waals surface area contributed by atoms with Crippen molar-refractivity contribution in [2.75, 3.05) is 0 Å². The number of pyridine rings is 1. The standard InChI is InChI=1S/C14H14FN3O5/c1-7-12(18-6-8(15)2-4-10(18)16-7)13(21)17-9(14(22)23)3-5-11(19)20/h2,4,6,9H,3,5H2,1H3,(H,17,21)(H,19,20)(H,22,23). The molecule has 0 saturated heterocycles. The van der Waals surface area contributed by atoms with E-state index in [9.17, 15) is 18.8 Å². The first-order chi connectivity index (χ1) is 10.8. The van der Waals surface area contributed by atoms with Crippen molar-refractivity contribution in [1.29, 1.82) is 0 Å². The molecule has 0 saturated carbocycles. The molecule has 0 aliphatic rings. The molecule has 2 aromatic heterocycles. The largest absolute Gasteiger partial charge is 0.481 e. The lowest BCUT2D eigenvalue weighted by molar-refractivity contribution is -0.140. The van der Waals surface area contributed by atoms with Gasteiger partial charge in [-0.1, -0.05) is 0 Å². The van der Waals surface area contributed by atoms with Crippen LogP contribution in [0, 0.1) is 12.7 Å². The molecule has 3 N–H and O–H groups in total. The Kier molecular flexibility index (Phi) is 4.58. The Balaban J connectivity index is 2.28. The van der Waals surface area contributed by atoms with Gasteiger partial charge in [0.05, 0.1) is 5.69 Å².